The van der Waals surface area contributed by atoms with Gasteiger partial charge in [0, 0.05) is 5.57 Å². The SMILES string of the molecule is CCOC(=O)c1ncn2c1C=NC(Cl)=C1C=C(OC)C=CC12. The van der Waals surface area contributed by atoms with Crippen LogP contribution in [0.2, 0.25) is 0 Å². The second-order valence-electron chi connectivity index (χ2n) is 4.67. The normalized spacial score (nSPS) is 19.2. The quantitative estimate of drug-likeness (QED) is 0.634. The Morgan fingerprint density at radius 3 is 3.05 bits per heavy atom. The zero-order chi connectivity index (χ0) is 15.7. The van der Waals surface area contributed by atoms with Gasteiger partial charge in [-0.3, -0.25) is 0 Å². The molecule has 0 saturated heterocycles. The number of carbonyl (C=O) groups excluding carboxylic acids is 1. The minimum Gasteiger partial charge on any atom is -0.497 e. The van der Waals surface area contributed by atoms with Crippen LogP contribution in [0.3, 0.4) is 0 Å². The first-order valence-electron chi connectivity index (χ1n) is 6.77. The number of aromatic nitrogens is 2. The monoisotopic (exact) mass is 319 g/mol. The summed E-state index contributed by atoms with van der Waals surface area (Å²) < 4.78 is 12.1. The van der Waals surface area contributed by atoms with Crippen molar-refractivity contribution in [2.75, 3.05) is 13.7 Å². The number of aliphatic imine (C=N–C) groups is 1. The number of allylic oxidation sites excluding steroid dienone is 4. The van der Waals surface area contributed by atoms with E-state index in [1.54, 1.807) is 20.4 Å². The van der Waals surface area contributed by atoms with Crippen LogP contribution in [-0.2, 0) is 9.47 Å². The standard InChI is InChI=1S/C15H14ClN3O3/c1-3-22-15(20)13-12-7-17-14(16)10-6-9(21-2)4-5-11(10)19(12)8-18-13/h4-8,11H,3H2,1-2H3. The second-order valence-corrected chi connectivity index (χ2v) is 5.02. The van der Waals surface area contributed by atoms with Crippen molar-refractivity contribution in [2.45, 2.75) is 13.0 Å². The number of imidazole rings is 1. The van der Waals surface area contributed by atoms with Crippen LogP contribution in [0, 0.1) is 0 Å². The Morgan fingerprint density at radius 2 is 2.32 bits per heavy atom. The summed E-state index contributed by atoms with van der Waals surface area (Å²) in [5.74, 6) is 0.212. The fourth-order valence-electron chi connectivity index (χ4n) is 2.40. The highest BCUT2D eigenvalue weighted by Crippen LogP contribution is 2.34. The molecule has 1 aromatic rings. The smallest absolute Gasteiger partial charge is 0.359 e. The number of halogens is 1. The molecule has 2 heterocycles. The van der Waals surface area contributed by atoms with Crippen LogP contribution in [0.4, 0.5) is 0 Å². The van der Waals surface area contributed by atoms with E-state index in [-0.39, 0.29) is 18.3 Å². The number of fused-ring (bicyclic) bond motifs is 3. The lowest BCUT2D eigenvalue weighted by Crippen LogP contribution is -2.14. The molecule has 0 spiro atoms. The van der Waals surface area contributed by atoms with E-state index in [0.717, 1.165) is 5.57 Å². The summed E-state index contributed by atoms with van der Waals surface area (Å²) in [5, 5.41) is 0.349. The number of hydrogen-bond donors (Lipinski definition) is 0. The molecule has 0 fully saturated rings. The van der Waals surface area contributed by atoms with E-state index in [2.05, 4.69) is 9.98 Å². The highest BCUT2D eigenvalue weighted by atomic mass is 35.5. The van der Waals surface area contributed by atoms with E-state index in [4.69, 9.17) is 21.1 Å². The van der Waals surface area contributed by atoms with Gasteiger partial charge in [0.2, 0.25) is 0 Å². The van der Waals surface area contributed by atoms with E-state index in [1.165, 1.54) is 6.21 Å². The predicted molar refractivity (Wildman–Crippen MR) is 81.9 cm³/mol. The van der Waals surface area contributed by atoms with Crippen LogP contribution in [0.5, 0.6) is 0 Å². The zero-order valence-electron chi connectivity index (χ0n) is 12.1. The lowest BCUT2D eigenvalue weighted by molar-refractivity contribution is 0.0520. The molecule has 0 amide bonds. The fourth-order valence-corrected chi connectivity index (χ4v) is 2.61. The molecular formula is C15H14ClN3O3. The summed E-state index contributed by atoms with van der Waals surface area (Å²) in [6, 6.07) is -0.195. The van der Waals surface area contributed by atoms with Gasteiger partial charge in [0.1, 0.15) is 10.9 Å². The van der Waals surface area contributed by atoms with E-state index in [9.17, 15) is 4.79 Å². The lowest BCUT2D eigenvalue weighted by atomic mass is 10.0. The second kappa shape index (κ2) is 5.81. The molecule has 0 aromatic carbocycles. The number of rotatable bonds is 3. The molecule has 1 aromatic heterocycles. The molecule has 0 saturated carbocycles. The van der Waals surface area contributed by atoms with Crippen LogP contribution in [0.25, 0.3) is 0 Å². The molecule has 6 nitrogen and oxygen atoms in total. The maximum Gasteiger partial charge on any atom is 0.359 e. The van der Waals surface area contributed by atoms with Crippen molar-refractivity contribution in [1.29, 1.82) is 0 Å². The first-order chi connectivity index (χ1) is 10.7. The van der Waals surface area contributed by atoms with Crippen molar-refractivity contribution in [2.24, 2.45) is 4.99 Å². The number of hydrogen-bond acceptors (Lipinski definition) is 5. The van der Waals surface area contributed by atoms with Gasteiger partial charge in [-0.1, -0.05) is 17.7 Å². The van der Waals surface area contributed by atoms with Gasteiger partial charge in [-0.05, 0) is 19.1 Å². The average molecular weight is 320 g/mol. The summed E-state index contributed by atoms with van der Waals surface area (Å²) in [6.45, 7) is 2.04. The molecule has 0 bridgehead atoms. The molecule has 1 aliphatic carbocycles. The van der Waals surface area contributed by atoms with Crippen molar-refractivity contribution in [3.8, 4) is 0 Å². The summed E-state index contributed by atoms with van der Waals surface area (Å²) in [6.07, 6.45) is 8.71. The Morgan fingerprint density at radius 1 is 1.50 bits per heavy atom. The summed E-state index contributed by atoms with van der Waals surface area (Å²) in [4.78, 5) is 20.3. The van der Waals surface area contributed by atoms with E-state index < -0.39 is 5.97 Å². The summed E-state index contributed by atoms with van der Waals surface area (Å²) >= 11 is 6.25. The van der Waals surface area contributed by atoms with Crippen molar-refractivity contribution < 1.29 is 14.3 Å². The zero-order valence-corrected chi connectivity index (χ0v) is 12.9. The molecule has 114 valence electrons. The third-order valence-electron chi connectivity index (χ3n) is 3.43. The Bertz CT molecular complexity index is 743. The lowest BCUT2D eigenvalue weighted by Gasteiger charge is -2.20. The molecular weight excluding hydrogens is 306 g/mol. The van der Waals surface area contributed by atoms with Gasteiger partial charge < -0.3 is 14.0 Å². The summed E-state index contributed by atoms with van der Waals surface area (Å²) in [5.41, 5.74) is 1.57. The van der Waals surface area contributed by atoms with E-state index >= 15 is 0 Å². The number of nitrogens with zero attached hydrogens (tertiary/aromatic N) is 3. The van der Waals surface area contributed by atoms with Crippen LogP contribution in [-0.4, -0.2) is 35.5 Å². The third kappa shape index (κ3) is 2.35. The first-order valence-corrected chi connectivity index (χ1v) is 7.15. The Balaban J connectivity index is 2.07. The van der Waals surface area contributed by atoms with Crippen molar-refractivity contribution in [3.05, 3.63) is 52.4 Å². The van der Waals surface area contributed by atoms with E-state index in [0.29, 0.717) is 16.6 Å². The van der Waals surface area contributed by atoms with Crippen LogP contribution in [0.15, 0.2) is 46.0 Å². The van der Waals surface area contributed by atoms with Gasteiger partial charge in [0.25, 0.3) is 0 Å². The van der Waals surface area contributed by atoms with E-state index in [1.807, 2.05) is 22.8 Å². The Hall–Kier alpha value is -2.34. The van der Waals surface area contributed by atoms with Gasteiger partial charge in [0.05, 0.1) is 38.0 Å². The highest BCUT2D eigenvalue weighted by molar-refractivity contribution is 6.30. The molecule has 0 N–H and O–H groups in total. The molecule has 3 rings (SSSR count). The van der Waals surface area contributed by atoms with Crippen LogP contribution < -0.4 is 0 Å². The Kier molecular flexibility index (Phi) is 3.85. The number of carbonyl (C=O) groups is 1. The summed E-state index contributed by atoms with van der Waals surface area (Å²) in [7, 11) is 1.59. The topological polar surface area (TPSA) is 65.7 Å². The third-order valence-corrected chi connectivity index (χ3v) is 3.75. The molecule has 1 unspecified atom stereocenters. The molecule has 22 heavy (non-hydrogen) atoms. The molecule has 0 radical (unpaired) electrons. The van der Waals surface area contributed by atoms with Gasteiger partial charge in [0.15, 0.2) is 5.69 Å². The minimum atomic E-state index is -0.477. The molecule has 1 atom stereocenters. The molecule has 7 heteroatoms. The van der Waals surface area contributed by atoms with Crippen LogP contribution in [0.1, 0.15) is 29.1 Å². The van der Waals surface area contributed by atoms with Gasteiger partial charge in [-0.15, -0.1) is 0 Å². The molecule has 1 aliphatic heterocycles. The maximum absolute atomic E-state index is 12.0. The molecule has 2 aliphatic rings. The van der Waals surface area contributed by atoms with Crippen molar-refractivity contribution in [1.82, 2.24) is 9.55 Å². The largest absolute Gasteiger partial charge is 0.497 e. The maximum atomic E-state index is 12.0. The van der Waals surface area contributed by atoms with Gasteiger partial charge in [-0.2, -0.15) is 0 Å². The number of ether oxygens (including phenoxy) is 2. The highest BCUT2D eigenvalue weighted by Gasteiger charge is 2.27. The van der Waals surface area contributed by atoms with Gasteiger partial charge in [-0.25, -0.2) is 14.8 Å². The van der Waals surface area contributed by atoms with Gasteiger partial charge >= 0.3 is 5.97 Å². The number of methoxy groups -OCH3 is 1. The fraction of sp³-hybridized carbons (Fsp3) is 0.267. The Labute approximate surface area is 132 Å². The minimum absolute atomic E-state index is 0.195. The van der Waals surface area contributed by atoms with Crippen molar-refractivity contribution >= 4 is 23.8 Å². The number of esters is 1. The first kappa shape index (κ1) is 14.6. The van der Waals surface area contributed by atoms with Crippen LogP contribution >= 0.6 is 11.6 Å². The predicted octanol–water partition coefficient (Wildman–Crippen LogP) is 2.58. The average Bonchev–Trinajstić information content (AvgIpc) is 2.90. The van der Waals surface area contributed by atoms with Crippen molar-refractivity contribution in [3.63, 3.8) is 0 Å².